The van der Waals surface area contributed by atoms with E-state index in [2.05, 4.69) is 5.32 Å². The molecule has 3 heteroatoms. The van der Waals surface area contributed by atoms with Crippen LogP contribution in [0.4, 0.5) is 15.8 Å². The Labute approximate surface area is 116 Å². The van der Waals surface area contributed by atoms with Crippen molar-refractivity contribution in [2.24, 2.45) is 0 Å². The molecule has 0 radical (unpaired) electrons. The highest BCUT2D eigenvalue weighted by Crippen LogP contribution is 2.24. The Morgan fingerprint density at radius 2 is 1.70 bits per heavy atom. The first-order valence-electron chi connectivity index (χ1n) is 6.22. The van der Waals surface area contributed by atoms with Crippen molar-refractivity contribution in [3.8, 4) is 6.07 Å². The van der Waals surface area contributed by atoms with Crippen molar-refractivity contribution in [2.75, 3.05) is 5.32 Å². The quantitative estimate of drug-likeness (QED) is 0.733. The van der Waals surface area contributed by atoms with Crippen LogP contribution in [0.2, 0.25) is 0 Å². The zero-order chi connectivity index (χ0) is 13.9. The molecule has 0 aromatic heterocycles. The molecule has 96 valence electrons. The van der Waals surface area contributed by atoms with Gasteiger partial charge in [0.05, 0.1) is 17.3 Å². The van der Waals surface area contributed by atoms with Gasteiger partial charge in [-0.2, -0.15) is 5.26 Å². The van der Waals surface area contributed by atoms with E-state index >= 15 is 0 Å². The Morgan fingerprint density at radius 3 is 2.45 bits per heavy atom. The molecule has 20 heavy (non-hydrogen) atoms. The van der Waals surface area contributed by atoms with Gasteiger partial charge in [0, 0.05) is 5.69 Å². The maximum absolute atomic E-state index is 13.8. The van der Waals surface area contributed by atoms with Crippen LogP contribution >= 0.6 is 0 Å². The molecule has 0 aliphatic rings. The summed E-state index contributed by atoms with van der Waals surface area (Å²) in [6.45, 7) is 0. The highest BCUT2D eigenvalue weighted by molar-refractivity contribution is 5.86. The Morgan fingerprint density at radius 1 is 0.900 bits per heavy atom. The van der Waals surface area contributed by atoms with Crippen LogP contribution in [0, 0.1) is 17.1 Å². The standard InChI is InChI=1S/C17H11FN2/c18-16-9-12(11-19)5-8-17(16)20-15-7-6-13-3-1-2-4-14(13)10-15/h1-10,20H. The molecule has 0 saturated heterocycles. The van der Waals surface area contributed by atoms with E-state index < -0.39 is 5.82 Å². The molecule has 0 fully saturated rings. The van der Waals surface area contributed by atoms with E-state index in [4.69, 9.17) is 5.26 Å². The van der Waals surface area contributed by atoms with E-state index in [0.29, 0.717) is 11.3 Å². The van der Waals surface area contributed by atoms with Gasteiger partial charge in [0.15, 0.2) is 0 Å². The van der Waals surface area contributed by atoms with E-state index in [0.717, 1.165) is 16.5 Å². The van der Waals surface area contributed by atoms with Crippen LogP contribution < -0.4 is 5.32 Å². The third-order valence-electron chi connectivity index (χ3n) is 3.13. The van der Waals surface area contributed by atoms with Crippen LogP contribution in [0.15, 0.2) is 60.7 Å². The molecule has 2 nitrogen and oxygen atoms in total. The monoisotopic (exact) mass is 262 g/mol. The number of hydrogen-bond donors (Lipinski definition) is 1. The number of fused-ring (bicyclic) bond motifs is 1. The Kier molecular flexibility index (Phi) is 3.06. The molecule has 0 atom stereocenters. The molecular formula is C17H11FN2. The first-order chi connectivity index (χ1) is 9.76. The lowest BCUT2D eigenvalue weighted by Crippen LogP contribution is -1.94. The second-order valence-electron chi connectivity index (χ2n) is 4.49. The molecular weight excluding hydrogens is 251 g/mol. The van der Waals surface area contributed by atoms with E-state index in [9.17, 15) is 4.39 Å². The fourth-order valence-electron chi connectivity index (χ4n) is 2.11. The summed E-state index contributed by atoms with van der Waals surface area (Å²) >= 11 is 0. The third kappa shape index (κ3) is 2.32. The van der Waals surface area contributed by atoms with Crippen molar-refractivity contribution in [2.45, 2.75) is 0 Å². The average Bonchev–Trinajstić information content (AvgIpc) is 2.49. The fraction of sp³-hybridized carbons (Fsp3) is 0. The predicted octanol–water partition coefficient (Wildman–Crippen LogP) is 4.59. The predicted molar refractivity (Wildman–Crippen MR) is 78.3 cm³/mol. The lowest BCUT2D eigenvalue weighted by molar-refractivity contribution is 0.631. The van der Waals surface area contributed by atoms with Crippen molar-refractivity contribution in [1.29, 1.82) is 5.26 Å². The van der Waals surface area contributed by atoms with E-state index in [1.807, 2.05) is 48.5 Å². The molecule has 3 rings (SSSR count). The molecule has 0 bridgehead atoms. The Bertz CT molecular complexity index is 819. The van der Waals surface area contributed by atoms with Crippen LogP contribution in [-0.4, -0.2) is 0 Å². The minimum Gasteiger partial charge on any atom is -0.353 e. The van der Waals surface area contributed by atoms with Crippen LogP contribution in [0.3, 0.4) is 0 Å². The summed E-state index contributed by atoms with van der Waals surface area (Å²) < 4.78 is 13.8. The lowest BCUT2D eigenvalue weighted by Gasteiger charge is -2.09. The molecule has 0 spiro atoms. The highest BCUT2D eigenvalue weighted by atomic mass is 19.1. The molecule has 0 amide bonds. The number of benzene rings is 3. The van der Waals surface area contributed by atoms with E-state index in [1.165, 1.54) is 6.07 Å². The van der Waals surface area contributed by atoms with Gasteiger partial charge in [-0.1, -0.05) is 30.3 Å². The van der Waals surface area contributed by atoms with Crippen molar-refractivity contribution in [3.05, 3.63) is 72.0 Å². The second-order valence-corrected chi connectivity index (χ2v) is 4.49. The summed E-state index contributed by atoms with van der Waals surface area (Å²) in [6, 6.07) is 20.1. The largest absolute Gasteiger partial charge is 0.353 e. The van der Waals surface area contributed by atoms with Crippen LogP contribution in [0.5, 0.6) is 0 Å². The number of anilines is 2. The van der Waals surface area contributed by atoms with Gasteiger partial charge in [-0.05, 0) is 41.1 Å². The highest BCUT2D eigenvalue weighted by Gasteiger charge is 2.04. The summed E-state index contributed by atoms with van der Waals surface area (Å²) in [7, 11) is 0. The molecule has 0 aliphatic carbocycles. The summed E-state index contributed by atoms with van der Waals surface area (Å²) in [6.07, 6.45) is 0. The summed E-state index contributed by atoms with van der Waals surface area (Å²) in [4.78, 5) is 0. The maximum atomic E-state index is 13.8. The van der Waals surface area contributed by atoms with Crippen LogP contribution in [0.25, 0.3) is 10.8 Å². The van der Waals surface area contributed by atoms with Gasteiger partial charge >= 0.3 is 0 Å². The summed E-state index contributed by atoms with van der Waals surface area (Å²) in [5.74, 6) is -0.433. The molecule has 0 aliphatic heterocycles. The minimum absolute atomic E-state index is 0.312. The third-order valence-corrected chi connectivity index (χ3v) is 3.13. The number of hydrogen-bond acceptors (Lipinski definition) is 2. The lowest BCUT2D eigenvalue weighted by atomic mass is 10.1. The van der Waals surface area contributed by atoms with Gasteiger partial charge in [-0.15, -0.1) is 0 Å². The number of nitriles is 1. The van der Waals surface area contributed by atoms with Crippen molar-refractivity contribution in [3.63, 3.8) is 0 Å². The zero-order valence-corrected chi connectivity index (χ0v) is 10.6. The summed E-state index contributed by atoms with van der Waals surface area (Å²) in [5.41, 5.74) is 1.48. The topological polar surface area (TPSA) is 35.8 Å². The van der Waals surface area contributed by atoms with E-state index in [-0.39, 0.29) is 0 Å². The van der Waals surface area contributed by atoms with Crippen molar-refractivity contribution < 1.29 is 4.39 Å². The van der Waals surface area contributed by atoms with Crippen molar-refractivity contribution in [1.82, 2.24) is 0 Å². The molecule has 1 N–H and O–H groups in total. The van der Waals surface area contributed by atoms with Gasteiger partial charge in [0.2, 0.25) is 0 Å². The number of nitrogens with one attached hydrogen (secondary N) is 1. The van der Waals surface area contributed by atoms with Gasteiger partial charge in [0.1, 0.15) is 5.82 Å². The van der Waals surface area contributed by atoms with Gasteiger partial charge < -0.3 is 5.32 Å². The molecule has 0 unspecified atom stereocenters. The Balaban J connectivity index is 1.95. The fourth-order valence-corrected chi connectivity index (χ4v) is 2.11. The number of rotatable bonds is 2. The molecule has 0 heterocycles. The molecule has 0 saturated carbocycles. The SMILES string of the molecule is N#Cc1ccc(Nc2ccc3ccccc3c2)c(F)c1. The van der Waals surface area contributed by atoms with Crippen molar-refractivity contribution >= 4 is 22.1 Å². The van der Waals surface area contributed by atoms with Gasteiger partial charge in [0.25, 0.3) is 0 Å². The minimum atomic E-state index is -0.433. The molecule has 3 aromatic rings. The number of halogens is 1. The number of nitrogens with zero attached hydrogens (tertiary/aromatic N) is 1. The maximum Gasteiger partial charge on any atom is 0.147 e. The molecule has 3 aromatic carbocycles. The zero-order valence-electron chi connectivity index (χ0n) is 10.6. The summed E-state index contributed by atoms with van der Waals surface area (Å²) in [5, 5.41) is 14.0. The smallest absolute Gasteiger partial charge is 0.147 e. The first kappa shape index (κ1) is 12.2. The van der Waals surface area contributed by atoms with Crippen LogP contribution in [-0.2, 0) is 0 Å². The second kappa shape index (κ2) is 5.02. The van der Waals surface area contributed by atoms with Crippen LogP contribution in [0.1, 0.15) is 5.56 Å². The Hall–Kier alpha value is -2.86. The average molecular weight is 262 g/mol. The first-order valence-corrected chi connectivity index (χ1v) is 6.22. The van der Waals surface area contributed by atoms with Gasteiger partial charge in [-0.25, -0.2) is 4.39 Å². The van der Waals surface area contributed by atoms with Gasteiger partial charge in [-0.3, -0.25) is 0 Å². The normalized spacial score (nSPS) is 10.2. The van der Waals surface area contributed by atoms with E-state index in [1.54, 1.807) is 12.1 Å².